The van der Waals surface area contributed by atoms with Gasteiger partial charge in [0.1, 0.15) is 13.2 Å². The largest absolute Gasteiger partial charge is 0.493 e. The summed E-state index contributed by atoms with van der Waals surface area (Å²) in [4.78, 5) is 14.8. The molecular weight excluding hydrogens is 370 g/mol. The second kappa shape index (κ2) is 8.47. The fourth-order valence-electron chi connectivity index (χ4n) is 3.86. The number of rotatable bonds is 5. The fraction of sp³-hybridized carbons (Fsp3) is 0.348. The van der Waals surface area contributed by atoms with E-state index in [1.54, 1.807) is 20.3 Å². The van der Waals surface area contributed by atoms with Crippen molar-refractivity contribution in [2.45, 2.75) is 18.9 Å². The Labute approximate surface area is 170 Å². The second-order valence-corrected chi connectivity index (χ2v) is 7.04. The number of fused-ring (bicyclic) bond motifs is 1. The number of benzene rings is 2. The van der Waals surface area contributed by atoms with Gasteiger partial charge in [0.25, 0.3) is 0 Å². The van der Waals surface area contributed by atoms with Gasteiger partial charge < -0.3 is 23.8 Å². The van der Waals surface area contributed by atoms with Gasteiger partial charge in [0, 0.05) is 12.6 Å². The van der Waals surface area contributed by atoms with Gasteiger partial charge in [0.15, 0.2) is 23.0 Å². The highest BCUT2D eigenvalue weighted by Crippen LogP contribution is 2.38. The molecule has 4 rings (SSSR count). The minimum absolute atomic E-state index is 0.00262. The Morgan fingerprint density at radius 2 is 1.83 bits per heavy atom. The second-order valence-electron chi connectivity index (χ2n) is 7.04. The smallest absolute Gasteiger partial charge is 0.247 e. The van der Waals surface area contributed by atoms with Gasteiger partial charge in [0.2, 0.25) is 5.91 Å². The van der Waals surface area contributed by atoms with Gasteiger partial charge in [-0.3, -0.25) is 4.79 Å². The summed E-state index contributed by atoms with van der Waals surface area (Å²) in [5.74, 6) is 2.82. The lowest BCUT2D eigenvalue weighted by Gasteiger charge is -2.26. The van der Waals surface area contributed by atoms with Crippen LogP contribution in [-0.2, 0) is 4.79 Å². The van der Waals surface area contributed by atoms with E-state index < -0.39 is 0 Å². The highest BCUT2D eigenvalue weighted by molar-refractivity contribution is 5.92. The molecule has 0 aliphatic carbocycles. The van der Waals surface area contributed by atoms with Crippen LogP contribution in [0.5, 0.6) is 23.0 Å². The molecule has 0 radical (unpaired) electrons. The van der Waals surface area contributed by atoms with E-state index >= 15 is 0 Å². The molecule has 0 bridgehead atoms. The highest BCUT2D eigenvalue weighted by atomic mass is 16.6. The van der Waals surface area contributed by atoms with Crippen molar-refractivity contribution in [3.8, 4) is 23.0 Å². The molecule has 1 atom stereocenters. The van der Waals surface area contributed by atoms with E-state index in [9.17, 15) is 4.79 Å². The molecule has 1 fully saturated rings. The minimum Gasteiger partial charge on any atom is -0.493 e. The molecule has 0 spiro atoms. The molecule has 29 heavy (non-hydrogen) atoms. The van der Waals surface area contributed by atoms with E-state index in [1.165, 1.54) is 0 Å². The first-order valence-electron chi connectivity index (χ1n) is 9.80. The summed E-state index contributed by atoms with van der Waals surface area (Å²) in [7, 11) is 3.20. The van der Waals surface area contributed by atoms with Crippen molar-refractivity contribution < 1.29 is 23.7 Å². The number of carbonyl (C=O) groups is 1. The topological polar surface area (TPSA) is 57.2 Å². The molecular formula is C23H25NO5. The number of carbonyl (C=O) groups excluding carboxylic acids is 1. The summed E-state index contributed by atoms with van der Waals surface area (Å²) in [6.45, 7) is 1.87. The number of hydrogen-bond acceptors (Lipinski definition) is 5. The predicted molar refractivity (Wildman–Crippen MR) is 110 cm³/mol. The molecule has 2 aliphatic heterocycles. The Kier molecular flexibility index (Phi) is 5.60. The molecule has 0 N–H and O–H groups in total. The Balaban J connectivity index is 1.50. The lowest BCUT2D eigenvalue weighted by molar-refractivity contribution is -0.126. The number of methoxy groups -OCH3 is 2. The third kappa shape index (κ3) is 4.01. The van der Waals surface area contributed by atoms with Crippen LogP contribution < -0.4 is 18.9 Å². The first kappa shape index (κ1) is 19.2. The quantitative estimate of drug-likeness (QED) is 0.720. The Bertz CT molecular complexity index is 923. The molecule has 2 aromatic carbocycles. The molecule has 1 saturated heterocycles. The summed E-state index contributed by atoms with van der Waals surface area (Å²) < 4.78 is 21.9. The minimum atomic E-state index is -0.00262. The number of ether oxygens (including phenoxy) is 4. The fourth-order valence-corrected chi connectivity index (χ4v) is 3.86. The normalized spacial score (nSPS) is 18.1. The highest BCUT2D eigenvalue weighted by Gasteiger charge is 2.29. The summed E-state index contributed by atoms with van der Waals surface area (Å²) in [6.07, 6.45) is 5.35. The van der Waals surface area contributed by atoms with E-state index in [0.717, 1.165) is 42.0 Å². The van der Waals surface area contributed by atoms with Gasteiger partial charge in [-0.2, -0.15) is 0 Å². The molecule has 2 aromatic rings. The number of hydrogen-bond donors (Lipinski definition) is 0. The van der Waals surface area contributed by atoms with E-state index in [1.807, 2.05) is 47.4 Å². The van der Waals surface area contributed by atoms with Gasteiger partial charge in [-0.1, -0.05) is 12.1 Å². The van der Waals surface area contributed by atoms with Crippen LogP contribution in [0.4, 0.5) is 0 Å². The zero-order valence-electron chi connectivity index (χ0n) is 16.7. The van der Waals surface area contributed by atoms with Crippen LogP contribution >= 0.6 is 0 Å². The monoisotopic (exact) mass is 395 g/mol. The molecule has 0 saturated carbocycles. The Morgan fingerprint density at radius 1 is 1.03 bits per heavy atom. The standard InChI is InChI=1S/C23H25NO5/c1-26-19-8-5-16(14-21(19)27-2)6-10-23(25)24-11-3-4-18(24)17-7-9-20-22(15-17)29-13-12-28-20/h5-10,14-15,18H,3-4,11-13H2,1-2H3. The zero-order chi connectivity index (χ0) is 20.2. The van der Waals surface area contributed by atoms with Crippen LogP contribution in [0.1, 0.15) is 30.0 Å². The van der Waals surface area contributed by atoms with Gasteiger partial charge in [-0.25, -0.2) is 0 Å². The van der Waals surface area contributed by atoms with E-state index in [4.69, 9.17) is 18.9 Å². The average Bonchev–Trinajstić information content (AvgIpc) is 3.27. The maximum atomic E-state index is 12.9. The lowest BCUT2D eigenvalue weighted by atomic mass is 10.0. The molecule has 2 heterocycles. The third-order valence-electron chi connectivity index (χ3n) is 5.31. The van der Waals surface area contributed by atoms with Crippen molar-refractivity contribution in [1.82, 2.24) is 4.90 Å². The van der Waals surface area contributed by atoms with Gasteiger partial charge in [-0.15, -0.1) is 0 Å². The molecule has 0 aromatic heterocycles. The predicted octanol–water partition coefficient (Wildman–Crippen LogP) is 3.85. The first-order valence-corrected chi connectivity index (χ1v) is 9.80. The van der Waals surface area contributed by atoms with Crippen molar-refractivity contribution in [3.05, 3.63) is 53.6 Å². The molecule has 152 valence electrons. The Morgan fingerprint density at radius 3 is 2.62 bits per heavy atom. The van der Waals surface area contributed by atoms with Crippen molar-refractivity contribution in [2.75, 3.05) is 34.0 Å². The SMILES string of the molecule is COc1ccc(C=CC(=O)N2CCCC2c2ccc3c(c2)OCCO3)cc1OC. The summed E-state index contributed by atoms with van der Waals surface area (Å²) in [5.41, 5.74) is 1.96. The molecule has 1 unspecified atom stereocenters. The average molecular weight is 395 g/mol. The van der Waals surface area contributed by atoms with Crippen molar-refractivity contribution in [2.24, 2.45) is 0 Å². The van der Waals surface area contributed by atoms with Crippen LogP contribution in [0.3, 0.4) is 0 Å². The maximum absolute atomic E-state index is 12.9. The van der Waals surface area contributed by atoms with Crippen LogP contribution in [-0.4, -0.2) is 44.8 Å². The molecule has 6 nitrogen and oxygen atoms in total. The number of nitrogens with zero attached hydrogens (tertiary/aromatic N) is 1. The molecule has 6 heteroatoms. The van der Waals surface area contributed by atoms with Gasteiger partial charge >= 0.3 is 0 Å². The summed E-state index contributed by atoms with van der Waals surface area (Å²) >= 11 is 0. The van der Waals surface area contributed by atoms with Gasteiger partial charge in [-0.05, 0) is 54.3 Å². The summed E-state index contributed by atoms with van der Waals surface area (Å²) in [5, 5.41) is 0. The van der Waals surface area contributed by atoms with Crippen LogP contribution in [0.2, 0.25) is 0 Å². The van der Waals surface area contributed by atoms with Crippen molar-refractivity contribution >= 4 is 12.0 Å². The van der Waals surface area contributed by atoms with Crippen molar-refractivity contribution in [3.63, 3.8) is 0 Å². The first-order chi connectivity index (χ1) is 14.2. The van der Waals surface area contributed by atoms with Crippen molar-refractivity contribution in [1.29, 1.82) is 0 Å². The van der Waals surface area contributed by atoms with E-state index in [-0.39, 0.29) is 11.9 Å². The van der Waals surface area contributed by atoms with Crippen LogP contribution in [0.15, 0.2) is 42.5 Å². The maximum Gasteiger partial charge on any atom is 0.247 e. The Hall–Kier alpha value is -3.15. The molecule has 2 aliphatic rings. The summed E-state index contributed by atoms with van der Waals surface area (Å²) in [6, 6.07) is 11.6. The van der Waals surface area contributed by atoms with Crippen LogP contribution in [0, 0.1) is 0 Å². The third-order valence-corrected chi connectivity index (χ3v) is 5.31. The number of amides is 1. The molecule has 1 amide bonds. The van der Waals surface area contributed by atoms with Crippen LogP contribution in [0.25, 0.3) is 6.08 Å². The zero-order valence-corrected chi connectivity index (χ0v) is 16.7. The van der Waals surface area contributed by atoms with E-state index in [2.05, 4.69) is 0 Å². The van der Waals surface area contributed by atoms with Gasteiger partial charge in [0.05, 0.1) is 20.3 Å². The number of likely N-dealkylation sites (tertiary alicyclic amines) is 1. The lowest BCUT2D eigenvalue weighted by Crippen LogP contribution is -2.29. The van der Waals surface area contributed by atoms with E-state index in [0.29, 0.717) is 24.7 Å².